The quantitative estimate of drug-likeness (QED) is 0.898. The van der Waals surface area contributed by atoms with Crippen LogP contribution in [-0.4, -0.2) is 21.5 Å². The average molecular weight is 307 g/mol. The summed E-state index contributed by atoms with van der Waals surface area (Å²) in [6.07, 6.45) is 0. The maximum Gasteiger partial charge on any atom is 0.328 e. The molecule has 1 aromatic heterocycles. The number of aromatic nitrogens is 3. The fourth-order valence-electron chi connectivity index (χ4n) is 1.80. The van der Waals surface area contributed by atoms with Crippen LogP contribution in [0.15, 0.2) is 18.2 Å². The smallest absolute Gasteiger partial charge is 0.328 e. The Kier molecular flexibility index (Phi) is 4.96. The third-order valence-corrected chi connectivity index (χ3v) is 3.17. The van der Waals surface area contributed by atoms with Crippen LogP contribution in [0.2, 0.25) is 5.28 Å². The zero-order valence-electron chi connectivity index (χ0n) is 12.6. The molecule has 6 heteroatoms. The van der Waals surface area contributed by atoms with Gasteiger partial charge in [0.2, 0.25) is 11.2 Å². The Labute approximate surface area is 129 Å². The van der Waals surface area contributed by atoms with Crippen molar-refractivity contribution in [1.29, 1.82) is 0 Å². The lowest BCUT2D eigenvalue weighted by Crippen LogP contribution is -2.05. The Balaban J connectivity index is 2.31. The van der Waals surface area contributed by atoms with Crippen molar-refractivity contribution in [3.63, 3.8) is 0 Å². The maximum absolute atomic E-state index is 5.89. The molecule has 0 aliphatic heterocycles. The Morgan fingerprint density at radius 2 is 2.00 bits per heavy atom. The molecule has 112 valence electrons. The average Bonchev–Trinajstić information content (AvgIpc) is 2.40. The molecule has 0 aliphatic rings. The van der Waals surface area contributed by atoms with Crippen LogP contribution in [0.3, 0.4) is 0 Å². The van der Waals surface area contributed by atoms with E-state index in [1.807, 2.05) is 26.0 Å². The van der Waals surface area contributed by atoms with Crippen LogP contribution in [0.1, 0.15) is 37.8 Å². The molecule has 0 radical (unpaired) electrons. The Hall–Kier alpha value is -1.88. The van der Waals surface area contributed by atoms with E-state index in [-0.39, 0.29) is 11.3 Å². The second-order valence-electron chi connectivity index (χ2n) is 5.02. The number of rotatable bonds is 5. The van der Waals surface area contributed by atoms with Crippen LogP contribution in [-0.2, 0) is 0 Å². The van der Waals surface area contributed by atoms with Crippen LogP contribution >= 0.6 is 11.6 Å². The second-order valence-corrected chi connectivity index (χ2v) is 5.36. The molecule has 0 unspecified atom stereocenters. The van der Waals surface area contributed by atoms with E-state index in [0.29, 0.717) is 18.4 Å². The number of halogens is 1. The molecule has 0 amide bonds. The van der Waals surface area contributed by atoms with Gasteiger partial charge in [0.1, 0.15) is 5.75 Å². The number of hydrogen-bond donors (Lipinski definition) is 1. The third-order valence-electron chi connectivity index (χ3n) is 3.00. The van der Waals surface area contributed by atoms with E-state index in [4.69, 9.17) is 16.3 Å². The summed E-state index contributed by atoms with van der Waals surface area (Å²) in [5, 5.41) is 3.10. The lowest BCUT2D eigenvalue weighted by Gasteiger charge is -2.12. The molecule has 1 N–H and O–H groups in total. The molecule has 2 aromatic rings. The van der Waals surface area contributed by atoms with Gasteiger partial charge in [0.05, 0.1) is 0 Å². The molecule has 0 saturated carbocycles. The number of benzene rings is 1. The van der Waals surface area contributed by atoms with Gasteiger partial charge >= 0.3 is 6.01 Å². The molecular formula is C15H19ClN4O. The van der Waals surface area contributed by atoms with E-state index < -0.39 is 0 Å². The number of nitrogens with one attached hydrogen (secondary N) is 1. The molecule has 5 nitrogen and oxygen atoms in total. The number of nitrogens with zero attached hydrogens (tertiary/aromatic N) is 3. The topological polar surface area (TPSA) is 59.9 Å². The molecule has 21 heavy (non-hydrogen) atoms. The van der Waals surface area contributed by atoms with Gasteiger partial charge in [-0.15, -0.1) is 0 Å². The zero-order chi connectivity index (χ0) is 15.4. The van der Waals surface area contributed by atoms with Crippen molar-refractivity contribution in [2.24, 2.45) is 0 Å². The fraction of sp³-hybridized carbons (Fsp3) is 0.400. The van der Waals surface area contributed by atoms with E-state index in [0.717, 1.165) is 11.3 Å². The largest absolute Gasteiger partial charge is 0.424 e. The highest BCUT2D eigenvalue weighted by molar-refractivity contribution is 6.28. The summed E-state index contributed by atoms with van der Waals surface area (Å²) in [6.45, 7) is 8.90. The molecule has 0 bridgehead atoms. The second kappa shape index (κ2) is 6.72. The summed E-state index contributed by atoms with van der Waals surface area (Å²) in [6, 6.07) is 6.32. The zero-order valence-corrected chi connectivity index (χ0v) is 13.4. The standard InChI is InChI=1S/C15H19ClN4O/c1-5-17-14-18-13(16)19-15(20-14)21-12-8-11(9(2)3)7-6-10(12)4/h6-9H,5H2,1-4H3,(H,17,18,19,20). The van der Waals surface area contributed by atoms with E-state index in [1.165, 1.54) is 5.56 Å². The van der Waals surface area contributed by atoms with Crippen molar-refractivity contribution in [3.05, 3.63) is 34.6 Å². The van der Waals surface area contributed by atoms with Crippen molar-refractivity contribution < 1.29 is 4.74 Å². The molecule has 0 aliphatic carbocycles. The molecule has 1 aromatic carbocycles. The highest BCUT2D eigenvalue weighted by atomic mass is 35.5. The maximum atomic E-state index is 5.89. The highest BCUT2D eigenvalue weighted by Gasteiger charge is 2.10. The van der Waals surface area contributed by atoms with Gasteiger partial charge < -0.3 is 10.1 Å². The SMILES string of the molecule is CCNc1nc(Cl)nc(Oc2cc(C(C)C)ccc2C)n1. The summed E-state index contributed by atoms with van der Waals surface area (Å²) in [5.74, 6) is 1.56. The van der Waals surface area contributed by atoms with E-state index in [1.54, 1.807) is 0 Å². The van der Waals surface area contributed by atoms with Crippen LogP contribution in [0, 0.1) is 6.92 Å². The minimum absolute atomic E-state index is 0.105. The van der Waals surface area contributed by atoms with Gasteiger partial charge in [-0.1, -0.05) is 26.0 Å². The van der Waals surface area contributed by atoms with Gasteiger partial charge in [-0.25, -0.2) is 0 Å². The van der Waals surface area contributed by atoms with E-state index >= 15 is 0 Å². The van der Waals surface area contributed by atoms with Crippen molar-refractivity contribution in [2.75, 3.05) is 11.9 Å². The first-order valence-corrected chi connectivity index (χ1v) is 7.31. The first-order valence-electron chi connectivity index (χ1n) is 6.93. The minimum Gasteiger partial charge on any atom is -0.424 e. The minimum atomic E-state index is 0.105. The Bertz CT molecular complexity index is 631. The summed E-state index contributed by atoms with van der Waals surface area (Å²) in [7, 11) is 0. The number of hydrogen-bond acceptors (Lipinski definition) is 5. The molecule has 0 atom stereocenters. The summed E-state index contributed by atoms with van der Waals surface area (Å²) in [5.41, 5.74) is 2.21. The van der Waals surface area contributed by atoms with Crippen molar-refractivity contribution in [3.8, 4) is 11.8 Å². The van der Waals surface area contributed by atoms with Gasteiger partial charge in [-0.05, 0) is 48.6 Å². The Morgan fingerprint density at radius 1 is 1.24 bits per heavy atom. The van der Waals surface area contributed by atoms with Crippen molar-refractivity contribution >= 4 is 17.5 Å². The van der Waals surface area contributed by atoms with E-state index in [9.17, 15) is 0 Å². The molecule has 0 fully saturated rings. The van der Waals surface area contributed by atoms with Gasteiger partial charge in [0.15, 0.2) is 0 Å². The first kappa shape index (κ1) is 15.5. The predicted molar refractivity (Wildman–Crippen MR) is 84.3 cm³/mol. The van der Waals surface area contributed by atoms with Crippen LogP contribution < -0.4 is 10.1 Å². The molecule has 2 rings (SSSR count). The number of aryl methyl sites for hydroxylation is 1. The predicted octanol–water partition coefficient (Wildman–Crippen LogP) is 4.18. The van der Waals surface area contributed by atoms with Gasteiger partial charge in [0, 0.05) is 6.54 Å². The fourth-order valence-corrected chi connectivity index (χ4v) is 1.95. The molecule has 0 spiro atoms. The molecule has 0 saturated heterocycles. The van der Waals surface area contributed by atoms with Crippen molar-refractivity contribution in [2.45, 2.75) is 33.6 Å². The lowest BCUT2D eigenvalue weighted by molar-refractivity contribution is 0.436. The summed E-state index contributed by atoms with van der Waals surface area (Å²) in [4.78, 5) is 12.2. The first-order chi connectivity index (χ1) is 9.99. The lowest BCUT2D eigenvalue weighted by atomic mass is 10.0. The number of ether oxygens (including phenoxy) is 1. The van der Waals surface area contributed by atoms with Gasteiger partial charge in [-0.2, -0.15) is 15.0 Å². The monoisotopic (exact) mass is 306 g/mol. The van der Waals surface area contributed by atoms with Gasteiger partial charge in [-0.3, -0.25) is 0 Å². The van der Waals surface area contributed by atoms with Crippen LogP contribution in [0.4, 0.5) is 5.95 Å². The van der Waals surface area contributed by atoms with E-state index in [2.05, 4.69) is 40.2 Å². The molecular weight excluding hydrogens is 288 g/mol. The summed E-state index contributed by atoms with van der Waals surface area (Å²) >= 11 is 5.89. The molecule has 1 heterocycles. The normalized spacial score (nSPS) is 10.8. The van der Waals surface area contributed by atoms with Crippen LogP contribution in [0.25, 0.3) is 0 Å². The number of anilines is 1. The third kappa shape index (κ3) is 4.04. The van der Waals surface area contributed by atoms with Crippen molar-refractivity contribution in [1.82, 2.24) is 15.0 Å². The van der Waals surface area contributed by atoms with Crippen LogP contribution in [0.5, 0.6) is 11.8 Å². The Morgan fingerprint density at radius 3 is 2.67 bits per heavy atom. The highest BCUT2D eigenvalue weighted by Crippen LogP contribution is 2.27. The summed E-state index contributed by atoms with van der Waals surface area (Å²) < 4.78 is 5.78. The van der Waals surface area contributed by atoms with Gasteiger partial charge in [0.25, 0.3) is 0 Å².